The van der Waals surface area contributed by atoms with Crippen molar-refractivity contribution in [1.82, 2.24) is 9.78 Å². The molecule has 1 amide bonds. The smallest absolute Gasteiger partial charge is 0.359 e. The van der Waals surface area contributed by atoms with Gasteiger partial charge in [-0.2, -0.15) is 9.78 Å². The summed E-state index contributed by atoms with van der Waals surface area (Å²) in [7, 11) is 1.60. The lowest BCUT2D eigenvalue weighted by Gasteiger charge is -2.11. The zero-order valence-corrected chi connectivity index (χ0v) is 22.1. The van der Waals surface area contributed by atoms with E-state index in [9.17, 15) is 14.4 Å². The molecule has 4 rings (SSSR count). The van der Waals surface area contributed by atoms with Crippen molar-refractivity contribution in [2.24, 2.45) is 0 Å². The molecule has 0 aliphatic heterocycles. The Balaban J connectivity index is 1.68. The number of carbonyl (C=O) groups excluding carboxylic acids is 2. The Bertz CT molecular complexity index is 1470. The summed E-state index contributed by atoms with van der Waals surface area (Å²) in [5.74, 6) is 0.212. The molecular formula is C28H29N3O5S. The first-order valence-corrected chi connectivity index (χ1v) is 12.9. The van der Waals surface area contributed by atoms with Crippen LogP contribution in [0.3, 0.4) is 0 Å². The lowest BCUT2D eigenvalue weighted by atomic mass is 10.0. The average molecular weight is 520 g/mol. The van der Waals surface area contributed by atoms with Crippen LogP contribution < -0.4 is 15.6 Å². The summed E-state index contributed by atoms with van der Waals surface area (Å²) in [6, 6.07) is 15.0. The third-order valence-electron chi connectivity index (χ3n) is 5.98. The van der Waals surface area contributed by atoms with E-state index < -0.39 is 11.5 Å². The van der Waals surface area contributed by atoms with Gasteiger partial charge in [0.1, 0.15) is 10.8 Å². The first kappa shape index (κ1) is 26.1. The Morgan fingerprint density at radius 1 is 1.08 bits per heavy atom. The molecule has 0 spiro atoms. The maximum absolute atomic E-state index is 13.6. The number of carbonyl (C=O) groups is 2. The van der Waals surface area contributed by atoms with Crippen LogP contribution in [0.4, 0.5) is 5.00 Å². The predicted molar refractivity (Wildman–Crippen MR) is 145 cm³/mol. The number of nitrogens with zero attached hydrogens (tertiary/aromatic N) is 2. The number of anilines is 1. The second-order valence-electron chi connectivity index (χ2n) is 8.78. The van der Waals surface area contributed by atoms with Gasteiger partial charge < -0.3 is 14.8 Å². The van der Waals surface area contributed by atoms with Gasteiger partial charge in [0, 0.05) is 17.2 Å². The number of esters is 1. The number of benzene rings is 2. The zero-order chi connectivity index (χ0) is 26.5. The van der Waals surface area contributed by atoms with Crippen molar-refractivity contribution in [1.29, 1.82) is 0 Å². The maximum Gasteiger partial charge on any atom is 0.359 e. The molecule has 0 fully saturated rings. The topological polar surface area (TPSA) is 99.5 Å². The molecule has 37 heavy (non-hydrogen) atoms. The van der Waals surface area contributed by atoms with Crippen molar-refractivity contribution in [3.05, 3.63) is 81.1 Å². The van der Waals surface area contributed by atoms with Gasteiger partial charge in [0.25, 0.3) is 5.56 Å². The standard InChI is InChI=1S/C28H29N3O5S/c1-5-36-28(34)25-22-16-37-26(29-23(32)15-8-18-6-13-21(35-4)14-7-18)24(22)27(33)31(30-25)20-11-9-19(10-12-20)17(2)3/h6-7,9-14,16-17H,5,8,15H2,1-4H3,(H,29,32). The van der Waals surface area contributed by atoms with E-state index in [1.807, 2.05) is 36.4 Å². The SMILES string of the molecule is CCOC(=O)c1nn(-c2ccc(C(C)C)cc2)c(=O)c2c(NC(=O)CCc3ccc(OC)cc3)scc12. The Morgan fingerprint density at radius 2 is 1.78 bits per heavy atom. The molecule has 2 heterocycles. The molecule has 0 saturated heterocycles. The second kappa shape index (κ2) is 11.4. The molecule has 0 radical (unpaired) electrons. The number of hydrogen-bond acceptors (Lipinski definition) is 7. The number of hydrogen-bond donors (Lipinski definition) is 1. The molecule has 2 aromatic carbocycles. The van der Waals surface area contributed by atoms with Gasteiger partial charge in [-0.3, -0.25) is 9.59 Å². The van der Waals surface area contributed by atoms with Crippen molar-refractivity contribution in [3.63, 3.8) is 0 Å². The lowest BCUT2D eigenvalue weighted by molar-refractivity contribution is -0.116. The van der Waals surface area contributed by atoms with Gasteiger partial charge in [0.2, 0.25) is 5.91 Å². The van der Waals surface area contributed by atoms with Crippen LogP contribution in [-0.2, 0) is 16.0 Å². The summed E-state index contributed by atoms with van der Waals surface area (Å²) in [5, 5.41) is 9.84. The molecule has 0 bridgehead atoms. The molecule has 0 aliphatic carbocycles. The number of rotatable bonds is 9. The average Bonchev–Trinajstić information content (AvgIpc) is 3.32. The van der Waals surface area contributed by atoms with Crippen LogP contribution in [0.15, 0.2) is 58.7 Å². The number of thiophene rings is 1. The van der Waals surface area contributed by atoms with Crippen molar-refractivity contribution < 1.29 is 19.1 Å². The number of aromatic nitrogens is 2. The van der Waals surface area contributed by atoms with Crippen molar-refractivity contribution in [2.75, 3.05) is 19.0 Å². The van der Waals surface area contributed by atoms with Crippen LogP contribution in [0, 0.1) is 0 Å². The Kier molecular flexibility index (Phi) is 8.03. The first-order valence-electron chi connectivity index (χ1n) is 12.1. The quantitative estimate of drug-likeness (QED) is 0.300. The minimum Gasteiger partial charge on any atom is -0.497 e. The van der Waals surface area contributed by atoms with E-state index in [0.717, 1.165) is 16.9 Å². The Hall–Kier alpha value is -3.98. The molecule has 0 unspecified atom stereocenters. The molecule has 0 atom stereocenters. The molecule has 0 aliphatic rings. The number of ether oxygens (including phenoxy) is 2. The van der Waals surface area contributed by atoms with E-state index in [1.54, 1.807) is 31.5 Å². The predicted octanol–water partition coefficient (Wildman–Crippen LogP) is 5.33. The third kappa shape index (κ3) is 5.72. The summed E-state index contributed by atoms with van der Waals surface area (Å²) >= 11 is 1.18. The summed E-state index contributed by atoms with van der Waals surface area (Å²) in [5.41, 5.74) is 2.23. The summed E-state index contributed by atoms with van der Waals surface area (Å²) in [4.78, 5) is 39.1. The van der Waals surface area contributed by atoms with Crippen LogP contribution in [0.5, 0.6) is 5.75 Å². The molecule has 2 aromatic heterocycles. The van der Waals surface area contributed by atoms with E-state index in [4.69, 9.17) is 9.47 Å². The highest BCUT2D eigenvalue weighted by Crippen LogP contribution is 2.31. The van der Waals surface area contributed by atoms with Crippen LogP contribution in [0.25, 0.3) is 16.5 Å². The highest BCUT2D eigenvalue weighted by atomic mass is 32.1. The second-order valence-corrected chi connectivity index (χ2v) is 9.66. The lowest BCUT2D eigenvalue weighted by Crippen LogP contribution is -2.25. The highest BCUT2D eigenvalue weighted by Gasteiger charge is 2.23. The number of aryl methyl sites for hydroxylation is 1. The molecule has 4 aromatic rings. The van der Waals surface area contributed by atoms with E-state index in [2.05, 4.69) is 24.3 Å². The zero-order valence-electron chi connectivity index (χ0n) is 21.2. The summed E-state index contributed by atoms with van der Waals surface area (Å²) in [6.45, 7) is 6.04. The van der Waals surface area contributed by atoms with Gasteiger partial charge in [0.05, 0.1) is 24.8 Å². The first-order chi connectivity index (χ1) is 17.8. The van der Waals surface area contributed by atoms with Crippen LogP contribution in [0.1, 0.15) is 54.7 Å². The molecule has 192 valence electrons. The van der Waals surface area contributed by atoms with Gasteiger partial charge in [-0.25, -0.2) is 4.79 Å². The number of methoxy groups -OCH3 is 1. The van der Waals surface area contributed by atoms with Gasteiger partial charge in [-0.05, 0) is 54.7 Å². The van der Waals surface area contributed by atoms with Crippen molar-refractivity contribution >= 4 is 39.0 Å². The van der Waals surface area contributed by atoms with Crippen molar-refractivity contribution in [2.45, 2.75) is 39.5 Å². The fourth-order valence-electron chi connectivity index (χ4n) is 3.91. The normalized spacial score (nSPS) is 11.1. The Labute approximate surface area is 218 Å². The molecule has 9 heteroatoms. The fraction of sp³-hybridized carbons (Fsp3) is 0.286. The summed E-state index contributed by atoms with van der Waals surface area (Å²) in [6.07, 6.45) is 0.758. The minimum absolute atomic E-state index is 0.0272. The Morgan fingerprint density at radius 3 is 2.41 bits per heavy atom. The van der Waals surface area contributed by atoms with E-state index in [-0.39, 0.29) is 30.0 Å². The van der Waals surface area contributed by atoms with Crippen molar-refractivity contribution in [3.8, 4) is 11.4 Å². The molecule has 0 saturated carbocycles. The molecule has 8 nitrogen and oxygen atoms in total. The monoisotopic (exact) mass is 519 g/mol. The van der Waals surface area contributed by atoms with Crippen LogP contribution in [0.2, 0.25) is 0 Å². The van der Waals surface area contributed by atoms with E-state index in [1.165, 1.54) is 16.0 Å². The fourth-order valence-corrected chi connectivity index (χ4v) is 4.86. The van der Waals surface area contributed by atoms with E-state index >= 15 is 0 Å². The minimum atomic E-state index is -0.629. The van der Waals surface area contributed by atoms with Gasteiger partial charge in [0.15, 0.2) is 5.69 Å². The number of amides is 1. The highest BCUT2D eigenvalue weighted by molar-refractivity contribution is 7.16. The van der Waals surface area contributed by atoms with Crippen LogP contribution in [-0.4, -0.2) is 35.4 Å². The van der Waals surface area contributed by atoms with Gasteiger partial charge >= 0.3 is 5.97 Å². The molecular weight excluding hydrogens is 490 g/mol. The summed E-state index contributed by atoms with van der Waals surface area (Å²) < 4.78 is 11.6. The van der Waals surface area contributed by atoms with Gasteiger partial charge in [-0.1, -0.05) is 38.1 Å². The third-order valence-corrected chi connectivity index (χ3v) is 6.87. The maximum atomic E-state index is 13.6. The largest absolute Gasteiger partial charge is 0.497 e. The van der Waals surface area contributed by atoms with E-state index in [0.29, 0.717) is 28.4 Å². The number of nitrogens with one attached hydrogen (secondary N) is 1. The van der Waals surface area contributed by atoms with Gasteiger partial charge in [-0.15, -0.1) is 11.3 Å². The molecule has 1 N–H and O–H groups in total. The van der Waals surface area contributed by atoms with Crippen LogP contribution >= 0.6 is 11.3 Å². The number of fused-ring (bicyclic) bond motifs is 1.